The van der Waals surface area contributed by atoms with E-state index in [9.17, 15) is 5.11 Å². The van der Waals surface area contributed by atoms with Gasteiger partial charge in [0.05, 0.1) is 12.4 Å². The van der Waals surface area contributed by atoms with Crippen LogP contribution < -0.4 is 0 Å². The highest BCUT2D eigenvalue weighted by atomic mass is 16.3. The van der Waals surface area contributed by atoms with Crippen LogP contribution in [0.3, 0.4) is 0 Å². The van der Waals surface area contributed by atoms with Gasteiger partial charge in [0, 0.05) is 18.4 Å². The highest BCUT2D eigenvalue weighted by Crippen LogP contribution is 2.27. The van der Waals surface area contributed by atoms with Crippen LogP contribution in [0.1, 0.15) is 31.7 Å². The third kappa shape index (κ3) is 1.50. The fourth-order valence-corrected chi connectivity index (χ4v) is 1.90. The number of nitrogens with zero attached hydrogens (tertiary/aromatic N) is 2. The number of aliphatic hydroxyl groups excluding tert-OH is 1. The molecule has 3 heteroatoms. The summed E-state index contributed by atoms with van der Waals surface area (Å²) in [6.07, 6.45) is 9.65. The van der Waals surface area contributed by atoms with Gasteiger partial charge in [-0.1, -0.05) is 0 Å². The topological polar surface area (TPSA) is 38.0 Å². The fourth-order valence-electron chi connectivity index (χ4n) is 1.90. The summed E-state index contributed by atoms with van der Waals surface area (Å²) in [6, 6.07) is 0.469. The molecule has 0 saturated heterocycles. The van der Waals surface area contributed by atoms with Gasteiger partial charge in [0.15, 0.2) is 0 Å². The molecule has 0 aliphatic heterocycles. The summed E-state index contributed by atoms with van der Waals surface area (Å²) in [7, 11) is 0. The second-order valence-electron chi connectivity index (χ2n) is 3.48. The number of hydrogen-bond donors (Lipinski definition) is 1. The first-order chi connectivity index (χ1) is 5.86. The second-order valence-corrected chi connectivity index (χ2v) is 3.48. The summed E-state index contributed by atoms with van der Waals surface area (Å²) in [5, 5.41) is 9.44. The Morgan fingerprint density at radius 2 is 2.33 bits per heavy atom. The maximum Gasteiger partial charge on any atom is 0.0948 e. The molecule has 2 unspecified atom stereocenters. The van der Waals surface area contributed by atoms with Crippen molar-refractivity contribution in [2.75, 3.05) is 0 Å². The molecule has 1 heterocycles. The molecule has 66 valence electrons. The van der Waals surface area contributed by atoms with Gasteiger partial charge < -0.3 is 9.67 Å². The molecular formula is C9H14N2O. The van der Waals surface area contributed by atoms with Crippen LogP contribution >= 0.6 is 0 Å². The summed E-state index contributed by atoms with van der Waals surface area (Å²) < 4.78 is 2.10. The SMILES string of the molecule is OC1CCCC(n2ccnc2)C1. The molecule has 1 saturated carbocycles. The molecule has 2 rings (SSSR count). The van der Waals surface area contributed by atoms with E-state index >= 15 is 0 Å². The average molecular weight is 166 g/mol. The molecule has 1 aromatic heterocycles. The van der Waals surface area contributed by atoms with Crippen LogP contribution in [0.25, 0.3) is 0 Å². The molecule has 2 atom stereocenters. The van der Waals surface area contributed by atoms with E-state index in [1.807, 2.05) is 12.5 Å². The predicted molar refractivity (Wildman–Crippen MR) is 45.7 cm³/mol. The lowest BCUT2D eigenvalue weighted by atomic mass is 9.93. The summed E-state index contributed by atoms with van der Waals surface area (Å²) in [5.41, 5.74) is 0. The zero-order valence-electron chi connectivity index (χ0n) is 7.06. The Morgan fingerprint density at radius 1 is 1.42 bits per heavy atom. The van der Waals surface area contributed by atoms with Crippen molar-refractivity contribution in [3.8, 4) is 0 Å². The molecule has 1 N–H and O–H groups in total. The number of aromatic nitrogens is 2. The second kappa shape index (κ2) is 3.27. The van der Waals surface area contributed by atoms with Crippen LogP contribution in [0, 0.1) is 0 Å². The van der Waals surface area contributed by atoms with E-state index in [0.717, 1.165) is 19.3 Å². The van der Waals surface area contributed by atoms with Crippen LogP contribution in [0.4, 0.5) is 0 Å². The predicted octanol–water partition coefficient (Wildman–Crippen LogP) is 1.36. The van der Waals surface area contributed by atoms with Crippen molar-refractivity contribution in [2.45, 2.75) is 37.8 Å². The van der Waals surface area contributed by atoms with Crippen molar-refractivity contribution in [1.29, 1.82) is 0 Å². The van der Waals surface area contributed by atoms with Crippen molar-refractivity contribution in [3.63, 3.8) is 0 Å². The third-order valence-corrected chi connectivity index (χ3v) is 2.57. The van der Waals surface area contributed by atoms with Crippen molar-refractivity contribution in [3.05, 3.63) is 18.7 Å². The quantitative estimate of drug-likeness (QED) is 0.684. The van der Waals surface area contributed by atoms with Crippen molar-refractivity contribution in [1.82, 2.24) is 9.55 Å². The summed E-state index contributed by atoms with van der Waals surface area (Å²) in [5.74, 6) is 0. The summed E-state index contributed by atoms with van der Waals surface area (Å²) >= 11 is 0. The molecule has 1 aliphatic rings. The molecule has 0 bridgehead atoms. The van der Waals surface area contributed by atoms with E-state index in [1.165, 1.54) is 6.42 Å². The largest absolute Gasteiger partial charge is 0.393 e. The van der Waals surface area contributed by atoms with E-state index < -0.39 is 0 Å². The van der Waals surface area contributed by atoms with Crippen LogP contribution in [-0.4, -0.2) is 20.8 Å². The maximum atomic E-state index is 9.44. The van der Waals surface area contributed by atoms with Crippen LogP contribution in [-0.2, 0) is 0 Å². The zero-order chi connectivity index (χ0) is 8.39. The Bertz CT molecular complexity index is 233. The molecule has 12 heavy (non-hydrogen) atoms. The van der Waals surface area contributed by atoms with E-state index in [-0.39, 0.29) is 6.10 Å². The number of hydrogen-bond acceptors (Lipinski definition) is 2. The van der Waals surface area contributed by atoms with Gasteiger partial charge in [-0.2, -0.15) is 0 Å². The Hall–Kier alpha value is -0.830. The van der Waals surface area contributed by atoms with Crippen LogP contribution in [0.2, 0.25) is 0 Å². The maximum absolute atomic E-state index is 9.44. The molecular weight excluding hydrogens is 152 g/mol. The van der Waals surface area contributed by atoms with E-state index in [1.54, 1.807) is 6.20 Å². The molecule has 1 aliphatic carbocycles. The summed E-state index contributed by atoms with van der Waals surface area (Å²) in [6.45, 7) is 0. The van der Waals surface area contributed by atoms with E-state index in [2.05, 4.69) is 9.55 Å². The Kier molecular flexibility index (Phi) is 2.13. The molecule has 3 nitrogen and oxygen atoms in total. The molecule has 1 fully saturated rings. The highest BCUT2D eigenvalue weighted by Gasteiger charge is 2.20. The van der Waals surface area contributed by atoms with Gasteiger partial charge >= 0.3 is 0 Å². The lowest BCUT2D eigenvalue weighted by Crippen LogP contribution is -2.21. The van der Waals surface area contributed by atoms with Gasteiger partial charge in [0.1, 0.15) is 0 Å². The smallest absolute Gasteiger partial charge is 0.0948 e. The highest BCUT2D eigenvalue weighted by molar-refractivity contribution is 4.84. The lowest BCUT2D eigenvalue weighted by Gasteiger charge is -2.26. The van der Waals surface area contributed by atoms with Gasteiger partial charge in [0.2, 0.25) is 0 Å². The molecule has 0 spiro atoms. The standard InChI is InChI=1S/C9H14N2O/c12-9-3-1-2-8(6-9)11-5-4-10-7-11/h4-5,7-9,12H,1-3,6H2. The van der Waals surface area contributed by atoms with E-state index in [4.69, 9.17) is 0 Å². The zero-order valence-corrected chi connectivity index (χ0v) is 7.06. The van der Waals surface area contributed by atoms with E-state index in [0.29, 0.717) is 6.04 Å². The van der Waals surface area contributed by atoms with Gasteiger partial charge in [0.25, 0.3) is 0 Å². The molecule has 0 amide bonds. The van der Waals surface area contributed by atoms with Crippen LogP contribution in [0.5, 0.6) is 0 Å². The van der Waals surface area contributed by atoms with Crippen molar-refractivity contribution >= 4 is 0 Å². The van der Waals surface area contributed by atoms with Crippen LogP contribution in [0.15, 0.2) is 18.7 Å². The minimum Gasteiger partial charge on any atom is -0.393 e. The first kappa shape index (κ1) is 7.80. The van der Waals surface area contributed by atoms with Gasteiger partial charge in [-0.15, -0.1) is 0 Å². The normalized spacial score (nSPS) is 30.4. The first-order valence-electron chi connectivity index (χ1n) is 4.52. The first-order valence-corrected chi connectivity index (χ1v) is 4.52. The average Bonchev–Trinajstić information content (AvgIpc) is 2.56. The monoisotopic (exact) mass is 166 g/mol. The Morgan fingerprint density at radius 3 is 3.00 bits per heavy atom. The minimum absolute atomic E-state index is 0.105. The Balaban J connectivity index is 2.04. The van der Waals surface area contributed by atoms with Crippen molar-refractivity contribution in [2.24, 2.45) is 0 Å². The summed E-state index contributed by atoms with van der Waals surface area (Å²) in [4.78, 5) is 4.00. The lowest BCUT2D eigenvalue weighted by molar-refractivity contribution is 0.104. The van der Waals surface area contributed by atoms with Crippen molar-refractivity contribution < 1.29 is 5.11 Å². The van der Waals surface area contributed by atoms with Gasteiger partial charge in [-0.25, -0.2) is 4.98 Å². The molecule has 0 aromatic carbocycles. The number of rotatable bonds is 1. The molecule has 1 aromatic rings. The van der Waals surface area contributed by atoms with Gasteiger partial charge in [-0.3, -0.25) is 0 Å². The third-order valence-electron chi connectivity index (χ3n) is 2.57. The molecule has 0 radical (unpaired) electrons. The Labute approximate surface area is 72.0 Å². The number of imidazole rings is 1. The fraction of sp³-hybridized carbons (Fsp3) is 0.667. The number of aliphatic hydroxyl groups is 1. The van der Waals surface area contributed by atoms with Gasteiger partial charge in [-0.05, 0) is 25.7 Å². The minimum atomic E-state index is -0.105.